The molecule has 1 fully saturated rings. The number of rotatable bonds is 7. The lowest BCUT2D eigenvalue weighted by Gasteiger charge is -2.26. The molecule has 3 aromatic carbocycles. The van der Waals surface area contributed by atoms with E-state index in [-0.39, 0.29) is 5.57 Å². The lowest BCUT2D eigenvalue weighted by molar-refractivity contribution is -0.122. The van der Waals surface area contributed by atoms with E-state index in [1.807, 2.05) is 50.2 Å². The van der Waals surface area contributed by atoms with E-state index in [9.17, 15) is 14.4 Å². The van der Waals surface area contributed by atoms with Crippen molar-refractivity contribution in [3.05, 3.63) is 98.0 Å². The second kappa shape index (κ2) is 11.1. The van der Waals surface area contributed by atoms with Crippen LogP contribution in [0.3, 0.4) is 0 Å². The van der Waals surface area contributed by atoms with Crippen molar-refractivity contribution in [2.24, 2.45) is 0 Å². The maximum atomic E-state index is 13.3. The Morgan fingerprint density at radius 2 is 1.75 bits per heavy atom. The standard InChI is InChI=1S/C28H24BrClN2O4/c1-3-17-9-11-20(12-10-17)32-27(34)22(26(33)31-28(32)35)13-18-14-23(29)21(25(15-18)36-4-2)16-19-7-5-6-8-24(19)30/h5-15H,3-4,16H2,1-2H3,(H,31,33,35)/b22-13+. The van der Waals surface area contributed by atoms with Gasteiger partial charge in [0, 0.05) is 21.5 Å². The summed E-state index contributed by atoms with van der Waals surface area (Å²) in [5.74, 6) is -0.840. The van der Waals surface area contributed by atoms with Gasteiger partial charge in [-0.3, -0.25) is 14.9 Å². The molecule has 4 rings (SSSR count). The van der Waals surface area contributed by atoms with Crippen LogP contribution in [0.2, 0.25) is 5.02 Å². The fraction of sp³-hybridized carbons (Fsp3) is 0.179. The van der Waals surface area contributed by atoms with Crippen LogP contribution < -0.4 is 15.0 Å². The fourth-order valence-electron chi connectivity index (χ4n) is 3.94. The molecule has 8 heteroatoms. The van der Waals surface area contributed by atoms with E-state index in [0.717, 1.165) is 32.5 Å². The molecule has 1 aliphatic heterocycles. The Labute approximate surface area is 223 Å². The molecule has 184 valence electrons. The van der Waals surface area contributed by atoms with Gasteiger partial charge in [-0.15, -0.1) is 0 Å². The molecule has 1 heterocycles. The Hall–Kier alpha value is -3.42. The minimum absolute atomic E-state index is 0.151. The van der Waals surface area contributed by atoms with Crippen LogP contribution in [0.4, 0.5) is 10.5 Å². The average Bonchev–Trinajstić information content (AvgIpc) is 2.85. The molecule has 36 heavy (non-hydrogen) atoms. The number of aryl methyl sites for hydroxylation is 1. The third kappa shape index (κ3) is 5.37. The lowest BCUT2D eigenvalue weighted by Crippen LogP contribution is -2.54. The van der Waals surface area contributed by atoms with Crippen molar-refractivity contribution in [1.82, 2.24) is 5.32 Å². The van der Waals surface area contributed by atoms with Gasteiger partial charge in [-0.1, -0.05) is 64.8 Å². The van der Waals surface area contributed by atoms with E-state index in [1.165, 1.54) is 6.08 Å². The number of urea groups is 1. The topological polar surface area (TPSA) is 75.7 Å². The Balaban J connectivity index is 1.71. The number of nitrogens with zero attached hydrogens (tertiary/aromatic N) is 1. The van der Waals surface area contributed by atoms with Crippen molar-refractivity contribution in [2.45, 2.75) is 26.7 Å². The molecule has 4 amide bonds. The number of nitrogens with one attached hydrogen (secondary N) is 1. The number of ether oxygens (including phenoxy) is 1. The summed E-state index contributed by atoms with van der Waals surface area (Å²) >= 11 is 9.98. The molecule has 3 aromatic rings. The summed E-state index contributed by atoms with van der Waals surface area (Å²) in [4.78, 5) is 39.4. The summed E-state index contributed by atoms with van der Waals surface area (Å²) < 4.78 is 6.63. The number of carbonyl (C=O) groups is 3. The molecule has 6 nitrogen and oxygen atoms in total. The molecule has 0 radical (unpaired) electrons. The molecule has 0 unspecified atom stereocenters. The maximum absolute atomic E-state index is 13.3. The molecule has 1 saturated heterocycles. The number of benzene rings is 3. The van der Waals surface area contributed by atoms with Gasteiger partial charge < -0.3 is 4.74 Å². The molecule has 0 aromatic heterocycles. The van der Waals surface area contributed by atoms with Gasteiger partial charge in [0.15, 0.2) is 0 Å². The molecule has 0 saturated carbocycles. The van der Waals surface area contributed by atoms with Gasteiger partial charge in [-0.25, -0.2) is 9.69 Å². The number of barbiturate groups is 1. The predicted molar refractivity (Wildman–Crippen MR) is 144 cm³/mol. The molecular formula is C28H24BrClN2O4. The van der Waals surface area contributed by atoms with Gasteiger partial charge in [0.2, 0.25) is 0 Å². The van der Waals surface area contributed by atoms with Crippen molar-refractivity contribution in [2.75, 3.05) is 11.5 Å². The second-order valence-electron chi connectivity index (χ2n) is 8.16. The van der Waals surface area contributed by atoms with E-state index in [4.69, 9.17) is 16.3 Å². The fourth-order valence-corrected chi connectivity index (χ4v) is 4.74. The SMILES string of the molecule is CCOc1cc(/C=C2\C(=O)NC(=O)N(c3ccc(CC)cc3)C2=O)cc(Br)c1Cc1ccccc1Cl. The van der Waals surface area contributed by atoms with Crippen LogP contribution in [0.25, 0.3) is 6.08 Å². The van der Waals surface area contributed by atoms with Crippen molar-refractivity contribution >= 4 is 57.1 Å². The Morgan fingerprint density at radius 1 is 1.03 bits per heavy atom. The monoisotopic (exact) mass is 566 g/mol. The van der Waals surface area contributed by atoms with Crippen LogP contribution in [0.1, 0.15) is 36.1 Å². The molecule has 0 aliphatic carbocycles. The molecule has 1 aliphatic rings. The zero-order chi connectivity index (χ0) is 25.8. The van der Waals surface area contributed by atoms with Crippen molar-refractivity contribution in [3.8, 4) is 5.75 Å². The third-order valence-electron chi connectivity index (χ3n) is 5.82. The normalized spacial score (nSPS) is 14.8. The smallest absolute Gasteiger partial charge is 0.335 e. The first-order valence-electron chi connectivity index (χ1n) is 11.5. The molecular weight excluding hydrogens is 544 g/mol. The lowest BCUT2D eigenvalue weighted by atomic mass is 10.0. The average molecular weight is 568 g/mol. The Kier molecular flexibility index (Phi) is 7.91. The number of hydrogen-bond donors (Lipinski definition) is 1. The van der Waals surface area contributed by atoms with Crippen LogP contribution in [0, 0.1) is 0 Å². The van der Waals surface area contributed by atoms with Crippen LogP contribution in [0.15, 0.2) is 70.7 Å². The van der Waals surface area contributed by atoms with Gasteiger partial charge in [0.25, 0.3) is 11.8 Å². The van der Waals surface area contributed by atoms with Gasteiger partial charge >= 0.3 is 6.03 Å². The summed E-state index contributed by atoms with van der Waals surface area (Å²) in [6.07, 6.45) is 2.82. The molecule has 0 spiro atoms. The van der Waals surface area contributed by atoms with E-state index in [0.29, 0.717) is 35.1 Å². The van der Waals surface area contributed by atoms with E-state index in [2.05, 4.69) is 21.2 Å². The number of halogens is 2. The molecule has 0 atom stereocenters. The highest BCUT2D eigenvalue weighted by Gasteiger charge is 2.36. The zero-order valence-corrected chi connectivity index (χ0v) is 22.2. The van der Waals surface area contributed by atoms with Gasteiger partial charge in [0.05, 0.1) is 12.3 Å². The quantitative estimate of drug-likeness (QED) is 0.268. The van der Waals surface area contributed by atoms with Crippen LogP contribution in [0.5, 0.6) is 5.75 Å². The van der Waals surface area contributed by atoms with Crippen LogP contribution >= 0.6 is 27.5 Å². The third-order valence-corrected chi connectivity index (χ3v) is 6.89. The summed E-state index contributed by atoms with van der Waals surface area (Å²) in [5, 5.41) is 2.92. The predicted octanol–water partition coefficient (Wildman–Crippen LogP) is 6.32. The van der Waals surface area contributed by atoms with E-state index in [1.54, 1.807) is 24.3 Å². The minimum atomic E-state index is -0.780. The highest BCUT2D eigenvalue weighted by Crippen LogP contribution is 2.34. The highest BCUT2D eigenvalue weighted by atomic mass is 79.9. The molecule has 0 bridgehead atoms. The number of hydrogen-bond acceptors (Lipinski definition) is 4. The van der Waals surface area contributed by atoms with Crippen molar-refractivity contribution in [3.63, 3.8) is 0 Å². The Bertz CT molecular complexity index is 1370. The van der Waals surface area contributed by atoms with Gasteiger partial charge in [0.1, 0.15) is 11.3 Å². The number of carbonyl (C=O) groups excluding carboxylic acids is 3. The molecule has 1 N–H and O–H groups in total. The largest absolute Gasteiger partial charge is 0.494 e. The first-order valence-corrected chi connectivity index (χ1v) is 12.7. The first-order chi connectivity index (χ1) is 17.3. The summed E-state index contributed by atoms with van der Waals surface area (Å²) in [6.45, 7) is 4.32. The second-order valence-corrected chi connectivity index (χ2v) is 9.42. The summed E-state index contributed by atoms with van der Waals surface area (Å²) in [6, 6.07) is 17.4. The number of anilines is 1. The zero-order valence-electron chi connectivity index (χ0n) is 19.8. The van der Waals surface area contributed by atoms with E-state index >= 15 is 0 Å². The van der Waals surface area contributed by atoms with Gasteiger partial charge in [-0.05, 0) is 66.4 Å². The van der Waals surface area contributed by atoms with Crippen LogP contribution in [-0.2, 0) is 22.4 Å². The first kappa shape index (κ1) is 25.7. The Morgan fingerprint density at radius 3 is 2.42 bits per heavy atom. The van der Waals surface area contributed by atoms with Gasteiger partial charge in [-0.2, -0.15) is 0 Å². The highest BCUT2D eigenvalue weighted by molar-refractivity contribution is 9.10. The van der Waals surface area contributed by atoms with Crippen molar-refractivity contribution < 1.29 is 19.1 Å². The minimum Gasteiger partial charge on any atom is -0.494 e. The number of imide groups is 2. The summed E-state index contributed by atoms with van der Waals surface area (Å²) in [7, 11) is 0. The number of amides is 4. The maximum Gasteiger partial charge on any atom is 0.335 e. The van der Waals surface area contributed by atoms with Crippen LogP contribution in [-0.4, -0.2) is 24.5 Å². The van der Waals surface area contributed by atoms with Crippen molar-refractivity contribution in [1.29, 1.82) is 0 Å². The summed E-state index contributed by atoms with van der Waals surface area (Å²) in [5.41, 5.74) is 3.71. The van der Waals surface area contributed by atoms with E-state index < -0.39 is 17.8 Å².